The summed E-state index contributed by atoms with van der Waals surface area (Å²) in [6.07, 6.45) is 16.8. The van der Waals surface area contributed by atoms with E-state index in [1.54, 1.807) is 0 Å². The molecule has 2 saturated carbocycles. The van der Waals surface area contributed by atoms with Crippen LogP contribution in [0.5, 0.6) is 0 Å². The molecule has 2 nitrogen and oxygen atoms in total. The van der Waals surface area contributed by atoms with Crippen LogP contribution in [0.4, 0.5) is 0 Å². The van der Waals surface area contributed by atoms with Crippen molar-refractivity contribution in [3.05, 3.63) is 0 Å². The van der Waals surface area contributed by atoms with E-state index in [1.807, 2.05) is 0 Å². The fourth-order valence-electron chi connectivity index (χ4n) is 4.26. The molecule has 0 aromatic heterocycles. The summed E-state index contributed by atoms with van der Waals surface area (Å²) in [5, 5.41) is 0. The van der Waals surface area contributed by atoms with Gasteiger partial charge in [-0.15, -0.1) is 0 Å². The van der Waals surface area contributed by atoms with E-state index in [2.05, 4.69) is 43.5 Å². The molecule has 2 rings (SSSR count). The zero-order valence-electron chi connectivity index (χ0n) is 14.9. The molecule has 2 heteroatoms. The Morgan fingerprint density at radius 3 is 1.43 bits per heavy atom. The number of hydrogen-bond donors (Lipinski definition) is 0. The Morgan fingerprint density at radius 1 is 0.714 bits per heavy atom. The first-order chi connectivity index (χ1) is 10.1. The van der Waals surface area contributed by atoms with Crippen LogP contribution in [0.15, 0.2) is 0 Å². The third kappa shape index (κ3) is 4.72. The molecule has 0 unspecified atom stereocenters. The maximum Gasteiger partial charge on any atom is 0.234 e. The van der Waals surface area contributed by atoms with Crippen molar-refractivity contribution in [2.24, 2.45) is 0 Å². The zero-order valence-corrected chi connectivity index (χ0v) is 14.9. The van der Waals surface area contributed by atoms with E-state index in [9.17, 15) is 0 Å². The molecule has 2 fully saturated rings. The van der Waals surface area contributed by atoms with E-state index >= 15 is 0 Å². The second-order valence-corrected chi connectivity index (χ2v) is 7.78. The molecular formula is C19H37N2+. The zero-order chi connectivity index (χ0) is 15.2. The van der Waals surface area contributed by atoms with Crippen molar-refractivity contribution < 1.29 is 4.58 Å². The van der Waals surface area contributed by atoms with Crippen LogP contribution in [-0.2, 0) is 0 Å². The molecule has 122 valence electrons. The highest BCUT2D eigenvalue weighted by molar-refractivity contribution is 5.50. The third-order valence-electron chi connectivity index (χ3n) is 5.45. The minimum atomic E-state index is 0.597. The first-order valence-corrected chi connectivity index (χ1v) is 9.49. The van der Waals surface area contributed by atoms with E-state index in [-0.39, 0.29) is 0 Å². The van der Waals surface area contributed by atoms with Gasteiger partial charge in [0.25, 0.3) is 0 Å². The Kier molecular flexibility index (Phi) is 6.57. The van der Waals surface area contributed by atoms with Gasteiger partial charge in [-0.25, -0.2) is 0 Å². The molecule has 21 heavy (non-hydrogen) atoms. The largest absolute Gasteiger partial charge is 0.264 e. The lowest BCUT2D eigenvalue weighted by Crippen LogP contribution is -2.45. The average molecular weight is 294 g/mol. The summed E-state index contributed by atoms with van der Waals surface area (Å²) in [5.41, 5.74) is 0. The standard InChI is InChI=1S/C19H37N2/c1-16(2)20(17(3)4)15-21(18-11-7-5-8-12-18)19-13-9-6-10-14-19/h15-19H,5-14H2,1-4H3/q+1. The maximum atomic E-state index is 2.80. The predicted octanol–water partition coefficient (Wildman–Crippen LogP) is 4.81. The molecule has 0 atom stereocenters. The van der Waals surface area contributed by atoms with Crippen LogP contribution in [0.3, 0.4) is 0 Å². The Morgan fingerprint density at radius 2 is 1.10 bits per heavy atom. The van der Waals surface area contributed by atoms with E-state index in [0.717, 1.165) is 12.1 Å². The van der Waals surface area contributed by atoms with Gasteiger partial charge in [-0.3, -0.25) is 9.48 Å². The van der Waals surface area contributed by atoms with Gasteiger partial charge in [-0.05, 0) is 79.1 Å². The lowest BCUT2D eigenvalue weighted by molar-refractivity contribution is -0.607. The number of hydrogen-bond acceptors (Lipinski definition) is 0. The molecule has 2 aliphatic rings. The highest BCUT2D eigenvalue weighted by Crippen LogP contribution is 2.27. The molecule has 0 spiro atoms. The summed E-state index contributed by atoms with van der Waals surface area (Å²) in [7, 11) is 0. The van der Waals surface area contributed by atoms with Crippen LogP contribution in [0.1, 0.15) is 91.9 Å². The van der Waals surface area contributed by atoms with Crippen LogP contribution in [0, 0.1) is 0 Å². The highest BCUT2D eigenvalue weighted by atomic mass is 15.3. The normalized spacial score (nSPS) is 21.8. The fraction of sp³-hybridized carbons (Fsp3) is 0.947. The van der Waals surface area contributed by atoms with Crippen molar-refractivity contribution in [3.63, 3.8) is 0 Å². The van der Waals surface area contributed by atoms with Gasteiger partial charge >= 0.3 is 0 Å². The first kappa shape index (κ1) is 16.8. The SMILES string of the molecule is CC(C)N(C=[N+](C1CCCCC1)C1CCCCC1)C(C)C. The maximum absolute atomic E-state index is 2.80. The van der Waals surface area contributed by atoms with Crippen LogP contribution in [0.2, 0.25) is 0 Å². The van der Waals surface area contributed by atoms with Crippen molar-refractivity contribution in [2.45, 2.75) is 116 Å². The summed E-state index contributed by atoms with van der Waals surface area (Å²) >= 11 is 0. The van der Waals surface area contributed by atoms with E-state index in [4.69, 9.17) is 0 Å². The lowest BCUT2D eigenvalue weighted by Gasteiger charge is -2.33. The molecule has 0 heterocycles. The summed E-state index contributed by atoms with van der Waals surface area (Å²) in [4.78, 5) is 2.57. The van der Waals surface area contributed by atoms with Crippen LogP contribution in [-0.4, -0.2) is 40.0 Å². The molecular weight excluding hydrogens is 256 g/mol. The van der Waals surface area contributed by atoms with Gasteiger partial charge in [0.1, 0.15) is 0 Å². The third-order valence-corrected chi connectivity index (χ3v) is 5.45. The molecule has 0 amide bonds. The summed E-state index contributed by atoms with van der Waals surface area (Å²) in [5.74, 6) is 0. The van der Waals surface area contributed by atoms with Crippen molar-refractivity contribution in [1.29, 1.82) is 0 Å². The second kappa shape index (κ2) is 8.19. The Hall–Kier alpha value is -0.530. The van der Waals surface area contributed by atoms with Crippen LogP contribution >= 0.6 is 0 Å². The van der Waals surface area contributed by atoms with Crippen LogP contribution in [0.25, 0.3) is 0 Å². The van der Waals surface area contributed by atoms with E-state index < -0.39 is 0 Å². The number of nitrogens with zero attached hydrogens (tertiary/aromatic N) is 2. The number of rotatable bonds is 5. The monoisotopic (exact) mass is 293 g/mol. The Bertz CT molecular complexity index is 292. The summed E-state index contributed by atoms with van der Waals surface area (Å²) < 4.78 is 2.80. The fourth-order valence-corrected chi connectivity index (χ4v) is 4.26. The summed E-state index contributed by atoms with van der Waals surface area (Å²) in [6, 6.07) is 2.81. The van der Waals surface area contributed by atoms with Gasteiger partial charge < -0.3 is 0 Å². The van der Waals surface area contributed by atoms with Crippen molar-refractivity contribution in [3.8, 4) is 0 Å². The molecule has 0 aliphatic heterocycles. The van der Waals surface area contributed by atoms with E-state index in [0.29, 0.717) is 12.1 Å². The first-order valence-electron chi connectivity index (χ1n) is 9.49. The average Bonchev–Trinajstić information content (AvgIpc) is 2.49. The van der Waals surface area contributed by atoms with Gasteiger partial charge in [0.15, 0.2) is 0 Å². The Balaban J connectivity index is 2.19. The quantitative estimate of drug-likeness (QED) is 0.400. The molecule has 0 saturated heterocycles. The minimum absolute atomic E-state index is 0.597. The van der Waals surface area contributed by atoms with Gasteiger partial charge in [0.2, 0.25) is 6.34 Å². The molecule has 0 N–H and O–H groups in total. The predicted molar refractivity (Wildman–Crippen MR) is 92.2 cm³/mol. The van der Waals surface area contributed by atoms with Gasteiger partial charge in [0.05, 0.1) is 24.2 Å². The van der Waals surface area contributed by atoms with Crippen LogP contribution < -0.4 is 0 Å². The lowest BCUT2D eigenvalue weighted by atomic mass is 9.90. The molecule has 2 aliphatic carbocycles. The molecule has 0 aromatic carbocycles. The molecule has 0 aromatic rings. The van der Waals surface area contributed by atoms with Crippen molar-refractivity contribution >= 4 is 6.34 Å². The second-order valence-electron chi connectivity index (χ2n) is 7.78. The van der Waals surface area contributed by atoms with Crippen molar-refractivity contribution in [2.75, 3.05) is 0 Å². The molecule has 0 radical (unpaired) electrons. The Labute approximate surface area is 132 Å². The topological polar surface area (TPSA) is 6.25 Å². The smallest absolute Gasteiger partial charge is 0.234 e. The van der Waals surface area contributed by atoms with E-state index in [1.165, 1.54) is 64.2 Å². The molecule has 0 bridgehead atoms. The van der Waals surface area contributed by atoms with Crippen molar-refractivity contribution in [1.82, 2.24) is 4.90 Å². The van der Waals surface area contributed by atoms with Gasteiger partial charge in [-0.2, -0.15) is 0 Å². The van der Waals surface area contributed by atoms with Gasteiger partial charge in [0, 0.05) is 0 Å². The van der Waals surface area contributed by atoms with Gasteiger partial charge in [-0.1, -0.05) is 12.8 Å². The minimum Gasteiger partial charge on any atom is -0.264 e. The highest BCUT2D eigenvalue weighted by Gasteiger charge is 2.30. The summed E-state index contributed by atoms with van der Waals surface area (Å²) in [6.45, 7) is 9.32.